The number of carbonyl (C=O) groups is 1. The minimum absolute atomic E-state index is 0.0358. The van der Waals surface area contributed by atoms with E-state index in [9.17, 15) is 4.79 Å². The number of rotatable bonds is 7. The van der Waals surface area contributed by atoms with E-state index in [4.69, 9.17) is 23.2 Å². The van der Waals surface area contributed by atoms with Crippen LogP contribution in [0.4, 0.5) is 0 Å². The second kappa shape index (κ2) is 9.48. The Hall–Kier alpha value is -0.810. The molecule has 2 aromatic rings. The van der Waals surface area contributed by atoms with Gasteiger partial charge in [0.2, 0.25) is 0 Å². The molecule has 0 aromatic heterocycles. The first-order valence-corrected chi connectivity index (χ1v) is 10.2. The Kier molecular flexibility index (Phi) is 7.63. The molecule has 6 heteroatoms. The van der Waals surface area contributed by atoms with Crippen LogP contribution < -0.4 is 5.32 Å². The van der Waals surface area contributed by atoms with Gasteiger partial charge < -0.3 is 5.32 Å². The van der Waals surface area contributed by atoms with E-state index >= 15 is 0 Å². The smallest absolute Gasteiger partial charge is 0.252 e. The molecule has 0 aliphatic rings. The first-order valence-electron chi connectivity index (χ1n) is 7.05. The monoisotopic (exact) mass is 385 g/mol. The van der Waals surface area contributed by atoms with Crippen molar-refractivity contribution in [1.29, 1.82) is 0 Å². The fourth-order valence-corrected chi connectivity index (χ4v) is 4.20. The summed E-state index contributed by atoms with van der Waals surface area (Å²) in [7, 11) is 0. The second-order valence-electron chi connectivity index (χ2n) is 4.71. The standard InChI is InChI=1S/C17H17Cl2NOS2/c1-22-16-8-3-2-5-12(16)17(21)20-9-10-23-11-13-14(18)6-4-7-15(13)19/h2-8H,9-11H2,1H3,(H,20,21). The Morgan fingerprint density at radius 1 is 1.09 bits per heavy atom. The van der Waals surface area contributed by atoms with Gasteiger partial charge >= 0.3 is 0 Å². The number of nitrogens with one attached hydrogen (secondary N) is 1. The molecule has 2 nitrogen and oxygen atoms in total. The molecule has 0 radical (unpaired) electrons. The third-order valence-corrected chi connectivity index (χ3v) is 5.68. The molecule has 0 heterocycles. The Morgan fingerprint density at radius 3 is 2.48 bits per heavy atom. The third kappa shape index (κ3) is 5.35. The second-order valence-corrected chi connectivity index (χ2v) is 7.48. The molecule has 0 unspecified atom stereocenters. The van der Waals surface area contributed by atoms with Crippen LogP contribution >= 0.6 is 46.7 Å². The molecule has 0 spiro atoms. The molecule has 0 saturated heterocycles. The first-order chi connectivity index (χ1) is 11.1. The zero-order chi connectivity index (χ0) is 16.7. The van der Waals surface area contributed by atoms with Gasteiger partial charge in [0, 0.05) is 33.0 Å². The average Bonchev–Trinajstić information content (AvgIpc) is 2.56. The summed E-state index contributed by atoms with van der Waals surface area (Å²) >= 11 is 15.5. The van der Waals surface area contributed by atoms with Crippen molar-refractivity contribution in [3.63, 3.8) is 0 Å². The minimum atomic E-state index is -0.0358. The molecule has 0 aliphatic heterocycles. The number of hydrogen-bond acceptors (Lipinski definition) is 3. The van der Waals surface area contributed by atoms with Crippen LogP contribution in [0.25, 0.3) is 0 Å². The van der Waals surface area contributed by atoms with Crippen LogP contribution in [-0.2, 0) is 5.75 Å². The first kappa shape index (κ1) is 18.5. The number of benzene rings is 2. The van der Waals surface area contributed by atoms with Crippen molar-refractivity contribution in [1.82, 2.24) is 5.32 Å². The molecule has 122 valence electrons. The fourth-order valence-electron chi connectivity index (χ4n) is 2.01. The number of halogens is 2. The predicted octanol–water partition coefficient (Wildman–Crippen LogP) is 5.38. The maximum atomic E-state index is 12.2. The van der Waals surface area contributed by atoms with Gasteiger partial charge in [-0.3, -0.25) is 4.79 Å². The van der Waals surface area contributed by atoms with Gasteiger partial charge in [0.15, 0.2) is 0 Å². The Morgan fingerprint density at radius 2 is 1.78 bits per heavy atom. The lowest BCUT2D eigenvalue weighted by Crippen LogP contribution is -2.26. The van der Waals surface area contributed by atoms with Gasteiger partial charge in [0.25, 0.3) is 5.91 Å². The van der Waals surface area contributed by atoms with E-state index in [0.717, 1.165) is 27.5 Å². The van der Waals surface area contributed by atoms with Crippen LogP contribution in [0.15, 0.2) is 47.4 Å². The summed E-state index contributed by atoms with van der Waals surface area (Å²) in [6, 6.07) is 13.1. The van der Waals surface area contributed by atoms with Gasteiger partial charge in [0.1, 0.15) is 0 Å². The number of amides is 1. The van der Waals surface area contributed by atoms with Gasteiger partial charge in [-0.25, -0.2) is 0 Å². The molecule has 1 amide bonds. The maximum Gasteiger partial charge on any atom is 0.252 e. The zero-order valence-corrected chi connectivity index (χ0v) is 15.8. The Balaban J connectivity index is 1.78. The molecular formula is C17H17Cl2NOS2. The van der Waals surface area contributed by atoms with Crippen molar-refractivity contribution >= 4 is 52.6 Å². The molecule has 0 aliphatic carbocycles. The number of hydrogen-bond donors (Lipinski definition) is 1. The quantitative estimate of drug-likeness (QED) is 0.512. The summed E-state index contributed by atoms with van der Waals surface area (Å²) in [4.78, 5) is 13.2. The van der Waals surface area contributed by atoms with Gasteiger partial charge in [0.05, 0.1) is 5.56 Å². The van der Waals surface area contributed by atoms with Crippen LogP contribution in [0.5, 0.6) is 0 Å². The number of thioether (sulfide) groups is 2. The Bertz CT molecular complexity index is 659. The highest BCUT2D eigenvalue weighted by atomic mass is 35.5. The van der Waals surface area contributed by atoms with E-state index in [1.807, 2.05) is 48.7 Å². The van der Waals surface area contributed by atoms with Crippen LogP contribution in [0.1, 0.15) is 15.9 Å². The van der Waals surface area contributed by atoms with Gasteiger partial charge in [-0.05, 0) is 36.1 Å². The van der Waals surface area contributed by atoms with E-state index in [2.05, 4.69) is 5.32 Å². The lowest BCUT2D eigenvalue weighted by molar-refractivity contribution is 0.0953. The predicted molar refractivity (Wildman–Crippen MR) is 103 cm³/mol. The SMILES string of the molecule is CSc1ccccc1C(=O)NCCSCc1c(Cl)cccc1Cl. The van der Waals surface area contributed by atoms with E-state index in [-0.39, 0.29) is 5.91 Å². The highest BCUT2D eigenvalue weighted by Gasteiger charge is 2.10. The van der Waals surface area contributed by atoms with Crippen molar-refractivity contribution in [2.45, 2.75) is 10.6 Å². The van der Waals surface area contributed by atoms with E-state index in [1.165, 1.54) is 0 Å². The molecule has 0 bridgehead atoms. The topological polar surface area (TPSA) is 29.1 Å². The lowest BCUT2D eigenvalue weighted by Gasteiger charge is -2.09. The summed E-state index contributed by atoms with van der Waals surface area (Å²) in [6.07, 6.45) is 1.97. The number of carbonyl (C=O) groups excluding carboxylic acids is 1. The molecule has 1 N–H and O–H groups in total. The summed E-state index contributed by atoms with van der Waals surface area (Å²) in [5.41, 5.74) is 1.67. The summed E-state index contributed by atoms with van der Waals surface area (Å²) in [6.45, 7) is 0.605. The summed E-state index contributed by atoms with van der Waals surface area (Å²) < 4.78 is 0. The lowest BCUT2D eigenvalue weighted by atomic mass is 10.2. The highest BCUT2D eigenvalue weighted by Crippen LogP contribution is 2.28. The van der Waals surface area contributed by atoms with Gasteiger partial charge in [-0.15, -0.1) is 11.8 Å². The molecule has 0 saturated carbocycles. The van der Waals surface area contributed by atoms with E-state index < -0.39 is 0 Å². The van der Waals surface area contributed by atoms with Crippen molar-refractivity contribution in [3.05, 3.63) is 63.6 Å². The van der Waals surface area contributed by atoms with Crippen LogP contribution in [-0.4, -0.2) is 24.5 Å². The van der Waals surface area contributed by atoms with Gasteiger partial charge in [-0.1, -0.05) is 41.4 Å². The van der Waals surface area contributed by atoms with Crippen molar-refractivity contribution < 1.29 is 4.79 Å². The van der Waals surface area contributed by atoms with E-state index in [0.29, 0.717) is 16.6 Å². The minimum Gasteiger partial charge on any atom is -0.351 e. The largest absolute Gasteiger partial charge is 0.351 e. The molecule has 0 atom stereocenters. The van der Waals surface area contributed by atoms with Crippen molar-refractivity contribution in [3.8, 4) is 0 Å². The van der Waals surface area contributed by atoms with Crippen LogP contribution in [0, 0.1) is 0 Å². The third-order valence-electron chi connectivity index (χ3n) is 3.19. The van der Waals surface area contributed by atoms with Gasteiger partial charge in [-0.2, -0.15) is 11.8 Å². The molecule has 23 heavy (non-hydrogen) atoms. The van der Waals surface area contributed by atoms with Crippen molar-refractivity contribution in [2.24, 2.45) is 0 Å². The van der Waals surface area contributed by atoms with Crippen molar-refractivity contribution in [2.75, 3.05) is 18.6 Å². The normalized spacial score (nSPS) is 10.6. The average molecular weight is 386 g/mol. The summed E-state index contributed by atoms with van der Waals surface area (Å²) in [5, 5.41) is 4.32. The zero-order valence-electron chi connectivity index (χ0n) is 12.6. The Labute approximate surface area is 155 Å². The highest BCUT2D eigenvalue weighted by molar-refractivity contribution is 7.98. The molecule has 2 aromatic carbocycles. The molecular weight excluding hydrogens is 369 g/mol. The molecule has 0 fully saturated rings. The van der Waals surface area contributed by atoms with Crippen LogP contribution in [0.2, 0.25) is 10.0 Å². The maximum absolute atomic E-state index is 12.2. The summed E-state index contributed by atoms with van der Waals surface area (Å²) in [5.74, 6) is 1.50. The molecule has 2 rings (SSSR count). The fraction of sp³-hybridized carbons (Fsp3) is 0.235. The van der Waals surface area contributed by atoms with E-state index in [1.54, 1.807) is 23.5 Å². The van der Waals surface area contributed by atoms with Crippen LogP contribution in [0.3, 0.4) is 0 Å².